The molecule has 2 aromatic heterocycles. The highest BCUT2D eigenvalue weighted by molar-refractivity contribution is 5.97. The maximum atomic E-state index is 12.2. The Morgan fingerprint density at radius 1 is 1.23 bits per heavy atom. The molecule has 0 unspecified atom stereocenters. The van der Waals surface area contributed by atoms with Crippen molar-refractivity contribution in [3.8, 4) is 6.07 Å². The van der Waals surface area contributed by atoms with Gasteiger partial charge in [-0.2, -0.15) is 18.4 Å². The van der Waals surface area contributed by atoms with E-state index in [0.29, 0.717) is 0 Å². The third kappa shape index (κ3) is 8.36. The highest BCUT2D eigenvalue weighted by Crippen LogP contribution is 2.19. The first-order chi connectivity index (χ1) is 14.8. The largest absolute Gasteiger partial charge is 0.405 e. The van der Waals surface area contributed by atoms with Crippen molar-refractivity contribution in [3.63, 3.8) is 0 Å². The van der Waals surface area contributed by atoms with Crippen molar-refractivity contribution < 1.29 is 22.7 Å². The van der Waals surface area contributed by atoms with E-state index in [0.717, 1.165) is 26.3 Å². The Kier molecular flexibility index (Phi) is 8.85. The first-order valence-corrected chi connectivity index (χ1v) is 9.00. The molecule has 0 aromatic carbocycles. The molecule has 31 heavy (non-hydrogen) atoms. The number of nitriles is 1. The highest BCUT2D eigenvalue weighted by Gasteiger charge is 2.28. The van der Waals surface area contributed by atoms with Crippen LogP contribution in [0.25, 0.3) is 0 Å². The zero-order chi connectivity index (χ0) is 22.7. The SMILES string of the molecule is C1COCCN1.CNc1cc(Nc2cnc(C#N)cn2)nnc1C(=O)NCC(F)(F)F. The Labute approximate surface area is 175 Å². The van der Waals surface area contributed by atoms with Crippen LogP contribution in [0.4, 0.5) is 30.5 Å². The number of nitrogens with one attached hydrogen (secondary N) is 4. The van der Waals surface area contributed by atoms with E-state index in [1.54, 1.807) is 5.32 Å². The second kappa shape index (κ2) is 11.6. The topological polar surface area (TPSA) is 150 Å². The molecule has 1 amide bonds. The van der Waals surface area contributed by atoms with Gasteiger partial charge in [0.15, 0.2) is 17.2 Å². The van der Waals surface area contributed by atoms with Gasteiger partial charge in [0, 0.05) is 26.2 Å². The van der Waals surface area contributed by atoms with E-state index in [9.17, 15) is 18.0 Å². The monoisotopic (exact) mass is 439 g/mol. The van der Waals surface area contributed by atoms with Crippen molar-refractivity contribution in [2.24, 2.45) is 0 Å². The number of ether oxygens (including phenoxy) is 1. The van der Waals surface area contributed by atoms with Crippen molar-refractivity contribution in [2.75, 3.05) is 50.5 Å². The fourth-order valence-electron chi connectivity index (χ4n) is 2.17. The van der Waals surface area contributed by atoms with Gasteiger partial charge in [-0.05, 0) is 0 Å². The predicted molar refractivity (Wildman–Crippen MR) is 104 cm³/mol. The summed E-state index contributed by atoms with van der Waals surface area (Å²) in [5.74, 6) is -0.570. The van der Waals surface area contributed by atoms with Crippen LogP contribution in [0.2, 0.25) is 0 Å². The number of morpholine rings is 1. The summed E-state index contributed by atoms with van der Waals surface area (Å²) in [5, 5.41) is 26.3. The van der Waals surface area contributed by atoms with E-state index in [2.05, 4.69) is 36.1 Å². The van der Waals surface area contributed by atoms with Crippen LogP contribution in [0.5, 0.6) is 0 Å². The van der Waals surface area contributed by atoms with Gasteiger partial charge in [-0.1, -0.05) is 0 Å². The Morgan fingerprint density at radius 2 is 1.97 bits per heavy atom. The van der Waals surface area contributed by atoms with Crippen LogP contribution < -0.4 is 21.3 Å². The average Bonchev–Trinajstić information content (AvgIpc) is 2.79. The van der Waals surface area contributed by atoms with Crippen LogP contribution >= 0.6 is 0 Å². The molecule has 4 N–H and O–H groups in total. The number of alkyl halides is 3. The Bertz CT molecular complexity index is 886. The van der Waals surface area contributed by atoms with Crippen LogP contribution in [0.15, 0.2) is 18.5 Å². The molecule has 0 atom stereocenters. The molecule has 0 saturated carbocycles. The third-order valence-electron chi connectivity index (χ3n) is 3.60. The molecule has 3 heterocycles. The maximum absolute atomic E-state index is 12.2. The highest BCUT2D eigenvalue weighted by atomic mass is 19.4. The molecule has 14 heteroatoms. The van der Waals surface area contributed by atoms with Gasteiger partial charge < -0.3 is 26.0 Å². The zero-order valence-electron chi connectivity index (χ0n) is 16.5. The molecule has 0 bridgehead atoms. The number of carbonyl (C=O) groups is 1. The Balaban J connectivity index is 0.000000488. The lowest BCUT2D eigenvalue weighted by atomic mass is 10.3. The van der Waals surface area contributed by atoms with Crippen molar-refractivity contribution >= 4 is 23.2 Å². The standard InChI is InChI=1S/C13H11F3N8O.C4H9NO/c1-18-8-2-9(22-10-5-19-7(3-17)4-20-10)23-24-11(8)12(25)21-6-13(14,15)16;1-3-6-4-2-5-1/h2,4-5H,6H2,1H3,(H,21,25)(H2,18,20,22,23);5H,1-4H2. The van der Waals surface area contributed by atoms with Crippen molar-refractivity contribution in [1.82, 2.24) is 30.8 Å². The summed E-state index contributed by atoms with van der Waals surface area (Å²) in [5.41, 5.74) is 0.00576. The van der Waals surface area contributed by atoms with Gasteiger partial charge in [0.25, 0.3) is 5.91 Å². The van der Waals surface area contributed by atoms with Crippen LogP contribution in [-0.4, -0.2) is 72.1 Å². The summed E-state index contributed by atoms with van der Waals surface area (Å²) in [7, 11) is 1.48. The van der Waals surface area contributed by atoms with Crippen LogP contribution in [0.1, 0.15) is 16.2 Å². The molecule has 1 aliphatic rings. The van der Waals surface area contributed by atoms with Gasteiger partial charge in [0.05, 0.1) is 31.3 Å². The molecular weight excluding hydrogens is 419 g/mol. The van der Waals surface area contributed by atoms with E-state index in [1.807, 2.05) is 6.07 Å². The smallest absolute Gasteiger partial charge is 0.386 e. The number of halogens is 3. The van der Waals surface area contributed by atoms with Gasteiger partial charge in [-0.3, -0.25) is 4.79 Å². The molecule has 11 nitrogen and oxygen atoms in total. The number of amides is 1. The molecule has 166 valence electrons. The number of anilines is 3. The summed E-state index contributed by atoms with van der Waals surface area (Å²) in [6, 6.07) is 3.19. The zero-order valence-corrected chi connectivity index (χ0v) is 16.5. The second-order valence-corrected chi connectivity index (χ2v) is 5.93. The van der Waals surface area contributed by atoms with E-state index < -0.39 is 18.6 Å². The molecule has 3 rings (SSSR count). The number of carbonyl (C=O) groups excluding carboxylic acids is 1. The minimum Gasteiger partial charge on any atom is -0.386 e. The number of nitrogens with zero attached hydrogens (tertiary/aromatic N) is 5. The van der Waals surface area contributed by atoms with Crippen LogP contribution in [-0.2, 0) is 4.74 Å². The van der Waals surface area contributed by atoms with Crippen molar-refractivity contribution in [3.05, 3.63) is 29.8 Å². The number of rotatable bonds is 5. The predicted octanol–water partition coefficient (Wildman–Crippen LogP) is 0.822. The van der Waals surface area contributed by atoms with Gasteiger partial charge >= 0.3 is 6.18 Å². The van der Waals surface area contributed by atoms with Crippen molar-refractivity contribution in [1.29, 1.82) is 5.26 Å². The molecule has 1 fully saturated rings. The molecule has 0 aliphatic carbocycles. The molecule has 0 radical (unpaired) electrons. The lowest BCUT2D eigenvalue weighted by Gasteiger charge is -2.11. The van der Waals surface area contributed by atoms with E-state index in [-0.39, 0.29) is 28.7 Å². The minimum absolute atomic E-state index is 0.129. The van der Waals surface area contributed by atoms with E-state index in [4.69, 9.17) is 10.00 Å². The number of hydrogen-bond donors (Lipinski definition) is 4. The molecular formula is C17H20F3N9O2. The molecule has 2 aromatic rings. The fraction of sp³-hybridized carbons (Fsp3) is 0.412. The second-order valence-electron chi connectivity index (χ2n) is 5.93. The number of hydrogen-bond acceptors (Lipinski definition) is 10. The van der Waals surface area contributed by atoms with Crippen LogP contribution in [0.3, 0.4) is 0 Å². The van der Waals surface area contributed by atoms with Gasteiger partial charge in [0.1, 0.15) is 18.4 Å². The summed E-state index contributed by atoms with van der Waals surface area (Å²) in [6.07, 6.45) is -1.99. The first-order valence-electron chi connectivity index (χ1n) is 9.00. The maximum Gasteiger partial charge on any atom is 0.405 e. The van der Waals surface area contributed by atoms with Gasteiger partial charge in [-0.15, -0.1) is 10.2 Å². The summed E-state index contributed by atoms with van der Waals surface area (Å²) in [4.78, 5) is 19.5. The summed E-state index contributed by atoms with van der Waals surface area (Å²) >= 11 is 0. The van der Waals surface area contributed by atoms with E-state index in [1.165, 1.54) is 25.5 Å². The summed E-state index contributed by atoms with van der Waals surface area (Å²) < 4.78 is 41.5. The van der Waals surface area contributed by atoms with E-state index >= 15 is 0 Å². The van der Waals surface area contributed by atoms with Crippen molar-refractivity contribution in [2.45, 2.75) is 6.18 Å². The van der Waals surface area contributed by atoms with Crippen LogP contribution in [0, 0.1) is 11.3 Å². The Hall–Kier alpha value is -3.57. The third-order valence-corrected chi connectivity index (χ3v) is 3.60. The van der Waals surface area contributed by atoms with Gasteiger partial charge in [-0.25, -0.2) is 9.97 Å². The average molecular weight is 439 g/mol. The first kappa shape index (κ1) is 23.7. The normalized spacial score (nSPS) is 13.3. The molecule has 1 aliphatic heterocycles. The quantitative estimate of drug-likeness (QED) is 0.527. The fourth-order valence-corrected chi connectivity index (χ4v) is 2.17. The molecule has 0 spiro atoms. The Morgan fingerprint density at radius 3 is 2.45 bits per heavy atom. The number of aromatic nitrogens is 4. The lowest BCUT2D eigenvalue weighted by Crippen LogP contribution is -2.34. The summed E-state index contributed by atoms with van der Waals surface area (Å²) in [6.45, 7) is 2.36. The minimum atomic E-state index is -4.53. The van der Waals surface area contributed by atoms with Gasteiger partial charge in [0.2, 0.25) is 0 Å². The molecule has 1 saturated heterocycles. The lowest BCUT2D eigenvalue weighted by molar-refractivity contribution is -0.123.